The van der Waals surface area contributed by atoms with Gasteiger partial charge in [0.1, 0.15) is 5.75 Å². The van der Waals surface area contributed by atoms with Crippen LogP contribution in [0.15, 0.2) is 24.3 Å². The second-order valence-electron chi connectivity index (χ2n) is 5.35. The Bertz CT molecular complexity index is 459. The lowest BCUT2D eigenvalue weighted by molar-refractivity contribution is -0.126. The Morgan fingerprint density at radius 1 is 1.30 bits per heavy atom. The van der Waals surface area contributed by atoms with Gasteiger partial charge in [0.25, 0.3) is 0 Å². The summed E-state index contributed by atoms with van der Waals surface area (Å²) in [5, 5.41) is 6.10. The molecule has 2 aliphatic rings. The molecule has 20 heavy (non-hydrogen) atoms. The number of rotatable bonds is 5. The van der Waals surface area contributed by atoms with E-state index >= 15 is 0 Å². The van der Waals surface area contributed by atoms with Gasteiger partial charge in [-0.25, -0.2) is 0 Å². The maximum Gasteiger partial charge on any atom is 0.225 e. The first-order valence-corrected chi connectivity index (χ1v) is 7.06. The quantitative estimate of drug-likeness (QED) is 0.872. The summed E-state index contributed by atoms with van der Waals surface area (Å²) in [6.07, 6.45) is 3.92. The van der Waals surface area contributed by atoms with E-state index in [2.05, 4.69) is 10.6 Å². The van der Waals surface area contributed by atoms with E-state index in [0.29, 0.717) is 12.6 Å². The molecule has 1 heterocycles. The van der Waals surface area contributed by atoms with Gasteiger partial charge < -0.3 is 15.4 Å². The summed E-state index contributed by atoms with van der Waals surface area (Å²) in [6, 6.07) is 7.98. The van der Waals surface area contributed by atoms with Crippen molar-refractivity contribution < 1.29 is 9.53 Å². The predicted octanol–water partition coefficient (Wildman–Crippen LogP) is 1.88. The van der Waals surface area contributed by atoms with Crippen molar-refractivity contribution in [3.05, 3.63) is 29.8 Å². The first-order valence-electron chi connectivity index (χ1n) is 7.06. The Balaban J connectivity index is 0.00000147. The van der Waals surface area contributed by atoms with Gasteiger partial charge >= 0.3 is 0 Å². The minimum atomic E-state index is 0. The van der Waals surface area contributed by atoms with E-state index in [9.17, 15) is 4.79 Å². The highest BCUT2D eigenvalue weighted by molar-refractivity contribution is 5.85. The number of hydrogen-bond donors (Lipinski definition) is 2. The zero-order valence-electron chi connectivity index (χ0n) is 11.4. The molecule has 1 amide bonds. The molecule has 2 N–H and O–H groups in total. The maximum absolute atomic E-state index is 11.8. The summed E-state index contributed by atoms with van der Waals surface area (Å²) in [5.74, 6) is 1.19. The molecule has 1 saturated carbocycles. The lowest BCUT2D eigenvalue weighted by Gasteiger charge is -2.28. The van der Waals surface area contributed by atoms with Crippen LogP contribution in [0.3, 0.4) is 0 Å². The number of amides is 1. The predicted molar refractivity (Wildman–Crippen MR) is 80.2 cm³/mol. The Hall–Kier alpha value is -1.26. The number of hydrogen-bond acceptors (Lipinski definition) is 3. The summed E-state index contributed by atoms with van der Waals surface area (Å²) in [5.41, 5.74) is 1.06. The van der Waals surface area contributed by atoms with Crippen molar-refractivity contribution in [3.8, 4) is 5.75 Å². The van der Waals surface area contributed by atoms with Crippen LogP contribution in [-0.2, 0) is 11.3 Å². The lowest BCUT2D eigenvalue weighted by atomic mass is 9.96. The van der Waals surface area contributed by atoms with Crippen molar-refractivity contribution >= 4 is 18.3 Å². The lowest BCUT2D eigenvalue weighted by Crippen LogP contribution is -2.50. The maximum atomic E-state index is 11.8. The third kappa shape index (κ3) is 3.44. The summed E-state index contributed by atoms with van der Waals surface area (Å²) < 4.78 is 5.95. The van der Waals surface area contributed by atoms with Crippen molar-refractivity contribution in [2.45, 2.75) is 31.9 Å². The molecule has 1 aliphatic carbocycles. The number of nitrogens with one attached hydrogen (secondary N) is 2. The minimum Gasteiger partial charge on any atom is -0.490 e. The van der Waals surface area contributed by atoms with Crippen LogP contribution in [0.2, 0.25) is 0 Å². The van der Waals surface area contributed by atoms with E-state index in [0.717, 1.165) is 37.2 Å². The van der Waals surface area contributed by atoms with Gasteiger partial charge in [-0.05, 0) is 25.3 Å². The highest BCUT2D eigenvalue weighted by Crippen LogP contribution is 2.27. The van der Waals surface area contributed by atoms with Gasteiger partial charge in [0, 0.05) is 25.2 Å². The molecular weight excluding hydrogens is 276 g/mol. The fourth-order valence-corrected chi connectivity index (χ4v) is 2.23. The van der Waals surface area contributed by atoms with Crippen molar-refractivity contribution in [2.75, 3.05) is 13.1 Å². The molecule has 3 rings (SSSR count). The van der Waals surface area contributed by atoms with Crippen LogP contribution in [0.1, 0.15) is 24.8 Å². The van der Waals surface area contributed by atoms with Gasteiger partial charge in [-0.3, -0.25) is 4.79 Å². The van der Waals surface area contributed by atoms with E-state index in [1.165, 1.54) is 6.42 Å². The third-order valence-corrected chi connectivity index (χ3v) is 3.92. The first kappa shape index (κ1) is 15.1. The topological polar surface area (TPSA) is 50.4 Å². The molecule has 0 bridgehead atoms. The molecule has 0 atom stereocenters. The summed E-state index contributed by atoms with van der Waals surface area (Å²) in [6.45, 7) is 2.15. The smallest absolute Gasteiger partial charge is 0.225 e. The van der Waals surface area contributed by atoms with Crippen LogP contribution >= 0.6 is 12.4 Å². The van der Waals surface area contributed by atoms with Crippen LogP contribution < -0.4 is 15.4 Å². The van der Waals surface area contributed by atoms with Crippen LogP contribution in [0.4, 0.5) is 0 Å². The van der Waals surface area contributed by atoms with E-state index in [4.69, 9.17) is 4.74 Å². The number of halogens is 1. The third-order valence-electron chi connectivity index (χ3n) is 3.92. The molecular formula is C15H21ClN2O2. The normalized spacial score (nSPS) is 18.4. The second kappa shape index (κ2) is 6.95. The Morgan fingerprint density at radius 2 is 2.05 bits per heavy atom. The Morgan fingerprint density at radius 3 is 2.65 bits per heavy atom. The molecule has 1 aliphatic heterocycles. The minimum absolute atomic E-state index is 0. The number of carbonyl (C=O) groups is 1. The zero-order chi connectivity index (χ0) is 13.1. The molecule has 0 unspecified atom stereocenters. The number of ether oxygens (including phenoxy) is 1. The van der Waals surface area contributed by atoms with E-state index in [1.54, 1.807) is 0 Å². The molecule has 1 aromatic rings. The first-order chi connectivity index (χ1) is 9.33. The molecule has 0 radical (unpaired) electrons. The molecule has 1 aromatic carbocycles. The molecule has 5 heteroatoms. The van der Waals surface area contributed by atoms with Crippen LogP contribution in [-0.4, -0.2) is 25.1 Å². The average molecular weight is 297 g/mol. The fraction of sp³-hybridized carbons (Fsp3) is 0.533. The van der Waals surface area contributed by atoms with Gasteiger partial charge in [0.2, 0.25) is 5.91 Å². The van der Waals surface area contributed by atoms with Gasteiger partial charge in [-0.15, -0.1) is 12.4 Å². The molecule has 1 saturated heterocycles. The van der Waals surface area contributed by atoms with Crippen LogP contribution in [0.5, 0.6) is 5.75 Å². The molecule has 110 valence electrons. The fourth-order valence-electron chi connectivity index (χ4n) is 2.23. The van der Waals surface area contributed by atoms with Gasteiger partial charge in [0.05, 0.1) is 12.0 Å². The van der Waals surface area contributed by atoms with E-state index in [1.807, 2.05) is 24.3 Å². The largest absolute Gasteiger partial charge is 0.490 e. The second-order valence-corrected chi connectivity index (χ2v) is 5.35. The van der Waals surface area contributed by atoms with Crippen LogP contribution in [0, 0.1) is 5.92 Å². The SMILES string of the molecule is Cl.O=C(NCc1ccccc1OC1CCC1)C1CNC1. The number of para-hydroxylation sites is 1. The summed E-state index contributed by atoms with van der Waals surface area (Å²) in [7, 11) is 0. The van der Waals surface area contributed by atoms with Gasteiger partial charge in [-0.1, -0.05) is 18.2 Å². The highest BCUT2D eigenvalue weighted by Gasteiger charge is 2.25. The van der Waals surface area contributed by atoms with Crippen molar-refractivity contribution in [3.63, 3.8) is 0 Å². The van der Waals surface area contributed by atoms with Gasteiger partial charge in [0.15, 0.2) is 0 Å². The van der Waals surface area contributed by atoms with Crippen molar-refractivity contribution in [2.24, 2.45) is 5.92 Å². The van der Waals surface area contributed by atoms with E-state index < -0.39 is 0 Å². The Kier molecular flexibility index (Phi) is 5.26. The van der Waals surface area contributed by atoms with Crippen LogP contribution in [0.25, 0.3) is 0 Å². The van der Waals surface area contributed by atoms with E-state index in [-0.39, 0.29) is 24.2 Å². The molecule has 4 nitrogen and oxygen atoms in total. The summed E-state index contributed by atoms with van der Waals surface area (Å²) >= 11 is 0. The molecule has 0 aromatic heterocycles. The molecule has 2 fully saturated rings. The van der Waals surface area contributed by atoms with Crippen molar-refractivity contribution in [1.82, 2.24) is 10.6 Å². The molecule has 0 spiro atoms. The zero-order valence-corrected chi connectivity index (χ0v) is 12.2. The summed E-state index contributed by atoms with van der Waals surface area (Å²) in [4.78, 5) is 11.8. The average Bonchev–Trinajstić information content (AvgIpc) is 2.30. The van der Waals surface area contributed by atoms with Gasteiger partial charge in [-0.2, -0.15) is 0 Å². The standard InChI is InChI=1S/C15H20N2O2.ClH/c18-15(12-8-16-9-12)17-10-11-4-1-2-7-14(11)19-13-5-3-6-13;/h1-2,4,7,12-13,16H,3,5-6,8-10H2,(H,17,18);1H. The Labute approximate surface area is 125 Å². The number of benzene rings is 1. The van der Waals surface area contributed by atoms with Crippen molar-refractivity contribution in [1.29, 1.82) is 0 Å². The number of carbonyl (C=O) groups excluding carboxylic acids is 1. The monoisotopic (exact) mass is 296 g/mol. The highest BCUT2D eigenvalue weighted by atomic mass is 35.5.